The smallest absolute Gasteiger partial charge is 0.224 e. The topological polar surface area (TPSA) is 171 Å². The lowest BCUT2D eigenvalue weighted by Crippen LogP contribution is -2.19. The van der Waals surface area contributed by atoms with Gasteiger partial charge >= 0.3 is 18.5 Å². The molecule has 0 bridgehead atoms. The number of benzene rings is 10. The molecule has 0 aliphatic heterocycles. The molecule has 0 fully saturated rings. The second-order valence-electron chi connectivity index (χ2n) is 25.5. The molecule has 5 heterocycles. The molecule has 5 unspecified atom stereocenters. The van der Waals surface area contributed by atoms with Crippen LogP contribution in [0.4, 0.5) is 52.7 Å². The van der Waals surface area contributed by atoms with Gasteiger partial charge in [-0.1, -0.05) is 67.6 Å². The first-order valence-corrected chi connectivity index (χ1v) is 48.7. The molecule has 5 aromatic heterocycles. The first-order valence-electron chi connectivity index (χ1n) is 33.4. The van der Waals surface area contributed by atoms with Crippen LogP contribution in [0.5, 0.6) is 0 Å². The molecule has 0 spiro atoms. The van der Waals surface area contributed by atoms with Crippen molar-refractivity contribution in [3.8, 4) is 24.5 Å². The van der Waals surface area contributed by atoms with Crippen LogP contribution in [-0.2, 0) is 67.7 Å². The van der Waals surface area contributed by atoms with E-state index in [4.69, 9.17) is 0 Å². The van der Waals surface area contributed by atoms with Crippen LogP contribution in [0.1, 0.15) is 37.5 Å². The highest BCUT2D eigenvalue weighted by Crippen LogP contribution is 2.49. The number of hydrogen-bond acceptors (Lipinski definition) is 10. The molecule has 5 atom stereocenters. The Labute approximate surface area is 657 Å². The molecule has 0 saturated heterocycles. The summed E-state index contributed by atoms with van der Waals surface area (Å²) in [5.41, 5.74) is -3.29. The number of halogens is 12. The van der Waals surface area contributed by atoms with E-state index in [0.29, 0.717) is 19.6 Å². The fourth-order valence-electron chi connectivity index (χ4n) is 12.0. The molecule has 0 radical (unpaired) electrons. The monoisotopic (exact) mass is 1750 g/mol. The van der Waals surface area contributed by atoms with Gasteiger partial charge in [-0.25, -0.2) is 55.3 Å². The summed E-state index contributed by atoms with van der Waals surface area (Å²) >= 11 is 0. The van der Waals surface area contributed by atoms with Gasteiger partial charge in [-0.2, -0.15) is 39.5 Å². The minimum Gasteiger partial charge on any atom is -0.224 e. The SMILES string of the molecule is CC(C)S(=O)(=O)c1ccc(-[s+]2ccc3ccccc32)cc1C(F)(F)F.CCS(=O)(=O)c1ccc(-[s+]2ccc3ccccc32)cc1C(F)(F)F.CS(=O)(=O)c1c(F)cc(-[s+]2ccc3ccccc32)cc1F.CS(=O)(=O)c1ccc(-[s+]2ccc3ccccc32)cc1C(F)(F)F.CS(=O)(=O)c1ccc(-[s+]2ccc3ccccc32)cc1F. The van der Waals surface area contributed by atoms with E-state index in [1.165, 1.54) is 51.1 Å². The Bertz CT molecular complexity index is 6710. The number of sulfone groups is 5. The van der Waals surface area contributed by atoms with Crippen LogP contribution in [0.25, 0.3) is 74.9 Å². The normalized spacial score (nSPS) is 13.2. The third kappa shape index (κ3) is 18.8. The van der Waals surface area contributed by atoms with E-state index in [0.717, 1.165) is 123 Å². The van der Waals surface area contributed by atoms with E-state index in [9.17, 15) is 94.8 Å². The Morgan fingerprint density at radius 2 is 0.558 bits per heavy atom. The third-order valence-electron chi connectivity index (χ3n) is 17.4. The van der Waals surface area contributed by atoms with Gasteiger partial charge in [0.05, 0.1) is 42.4 Å². The summed E-state index contributed by atoms with van der Waals surface area (Å²) in [4.78, 5) is -0.531. The maximum absolute atomic E-state index is 14.0. The molecule has 0 aliphatic rings. The lowest BCUT2D eigenvalue weighted by Gasteiger charge is -2.15. The molecular formula is C81H65F12O10S10+5. The summed E-state index contributed by atoms with van der Waals surface area (Å²) in [6, 6.07) is 64.6. The van der Waals surface area contributed by atoms with Crippen LogP contribution in [0, 0.1) is 17.5 Å². The molecule has 0 aliphatic carbocycles. The summed E-state index contributed by atoms with van der Waals surface area (Å²) in [5.74, 6) is -3.14. The van der Waals surface area contributed by atoms with Crippen LogP contribution in [0.2, 0.25) is 0 Å². The lowest BCUT2D eigenvalue weighted by atomic mass is 10.2. The molecule has 15 aromatic rings. The molecule has 10 nitrogen and oxygen atoms in total. The zero-order valence-electron chi connectivity index (χ0n) is 59.9. The Balaban J connectivity index is 0.000000140. The summed E-state index contributed by atoms with van der Waals surface area (Å²) in [6.45, 7) is 4.09. The minimum absolute atomic E-state index is 0.249. The molecule has 0 amide bonds. The number of hydrogen-bond donors (Lipinski definition) is 0. The fraction of sp³-hybridized carbons (Fsp3) is 0.136. The fourth-order valence-corrected chi connectivity index (χ4v) is 26.3. The van der Waals surface area contributed by atoms with E-state index >= 15 is 0 Å². The molecule has 0 N–H and O–H groups in total. The molecular weight excluding hydrogens is 1680 g/mol. The van der Waals surface area contributed by atoms with E-state index < -0.39 is 169 Å². The van der Waals surface area contributed by atoms with Crippen molar-refractivity contribution in [1.29, 1.82) is 0 Å². The largest absolute Gasteiger partial charge is 0.417 e. The minimum atomic E-state index is -4.74. The van der Waals surface area contributed by atoms with E-state index in [2.05, 4.69) is 0 Å². The highest BCUT2D eigenvalue weighted by Gasteiger charge is 2.42. The van der Waals surface area contributed by atoms with Crippen LogP contribution >= 0.6 is 52.3 Å². The predicted molar refractivity (Wildman–Crippen MR) is 433 cm³/mol. The van der Waals surface area contributed by atoms with Gasteiger partial charge in [0.15, 0.2) is 97.2 Å². The molecule has 32 heteroatoms. The van der Waals surface area contributed by atoms with Crippen molar-refractivity contribution in [3.05, 3.63) is 298 Å². The van der Waals surface area contributed by atoms with Gasteiger partial charge in [0.1, 0.15) is 54.1 Å². The predicted octanol–water partition coefficient (Wildman–Crippen LogP) is 24.6. The summed E-state index contributed by atoms with van der Waals surface area (Å²) in [7, 11) is -22.2. The van der Waals surface area contributed by atoms with Gasteiger partial charge in [0, 0.05) is 165 Å². The summed E-state index contributed by atoms with van der Waals surface area (Å²) < 4.78 is 285. The first-order chi connectivity index (χ1) is 52.9. The van der Waals surface area contributed by atoms with Gasteiger partial charge in [-0.3, -0.25) is 0 Å². The Kier molecular flexibility index (Phi) is 24.8. The van der Waals surface area contributed by atoms with Crippen molar-refractivity contribution in [1.82, 2.24) is 0 Å². The average Bonchev–Trinajstić information content (AvgIpc) is 1.70. The summed E-state index contributed by atoms with van der Waals surface area (Å²) in [6.07, 6.45) is -11.6. The Hall–Kier alpha value is -9.09. The number of thiophene rings is 5. The third-order valence-corrected chi connectivity index (χ3v) is 34.9. The zero-order valence-corrected chi connectivity index (χ0v) is 68.1. The van der Waals surface area contributed by atoms with Gasteiger partial charge in [0.2, 0.25) is 0 Å². The summed E-state index contributed by atoms with van der Waals surface area (Å²) in [5, 5.41) is 13.6. The Morgan fingerprint density at radius 1 is 0.301 bits per heavy atom. The zero-order chi connectivity index (χ0) is 82.3. The van der Waals surface area contributed by atoms with E-state index in [1.54, 1.807) is 6.07 Å². The van der Waals surface area contributed by atoms with Crippen LogP contribution < -0.4 is 0 Å². The van der Waals surface area contributed by atoms with Crippen molar-refractivity contribution < 1.29 is 94.8 Å². The van der Waals surface area contributed by atoms with E-state index in [1.807, 2.05) is 179 Å². The van der Waals surface area contributed by atoms with Gasteiger partial charge in [-0.05, 0) is 123 Å². The van der Waals surface area contributed by atoms with Crippen molar-refractivity contribution >= 4 is 152 Å². The second-order valence-corrected chi connectivity index (χ2v) is 45.4. The van der Waals surface area contributed by atoms with Gasteiger partial charge < -0.3 is 0 Å². The highest BCUT2D eigenvalue weighted by atomic mass is 32.2. The van der Waals surface area contributed by atoms with Gasteiger partial charge in [-0.15, -0.1) is 0 Å². The molecule has 10 aromatic carbocycles. The van der Waals surface area contributed by atoms with Crippen LogP contribution in [0.3, 0.4) is 0 Å². The number of rotatable bonds is 12. The standard InChI is InChI=1S/C18H16F3O2S2.C17H14F3O2S2.C16H12F3O2S2.C15H11F2O2S2.C15H12FO2S2/c1-12(2)25(22,23)17-8-7-14(11-15(17)18(19,20)21)24-10-9-13-5-3-4-6-16(13)24;1-2-24(21,22)16-8-7-13(11-14(16)17(18,19)20)23-10-9-12-5-3-4-6-15(12)23;1-23(20,21)15-7-6-12(10-13(15)16(17,18)19)22-9-8-11-4-2-3-5-14(11)22;1-21(18,19)15-12(16)8-11(9-13(15)17)20-7-6-10-4-2-3-5-14(10)20;1-20(17,18)15-7-6-12(10-13(15)16)19-9-8-11-4-2-3-5-14(11)19/h3-12H,1-2H3;3-11H,2H2,1H3;2-10H,1H3;2-9H,1H3;2-10H,1H3/q5*+1. The van der Waals surface area contributed by atoms with Crippen molar-refractivity contribution in [3.63, 3.8) is 0 Å². The van der Waals surface area contributed by atoms with Crippen molar-refractivity contribution in [2.45, 2.75) is 69.0 Å². The molecule has 15 rings (SSSR count). The molecule has 588 valence electrons. The van der Waals surface area contributed by atoms with E-state index in [-0.39, 0.29) is 21.1 Å². The molecule has 0 saturated carbocycles. The van der Waals surface area contributed by atoms with Crippen molar-refractivity contribution in [2.75, 3.05) is 24.5 Å². The lowest BCUT2D eigenvalue weighted by molar-refractivity contribution is -0.140. The maximum atomic E-state index is 14.0. The quantitative estimate of drug-likeness (QED) is 0.0847. The van der Waals surface area contributed by atoms with Crippen LogP contribution in [0.15, 0.2) is 288 Å². The molecule has 113 heavy (non-hydrogen) atoms. The maximum Gasteiger partial charge on any atom is 0.417 e. The number of alkyl halides is 9. The first kappa shape index (κ1) is 84.8. The second kappa shape index (κ2) is 33.0. The van der Waals surface area contributed by atoms with Gasteiger partial charge in [0.25, 0.3) is 0 Å². The average molecular weight is 1750 g/mol. The highest BCUT2D eigenvalue weighted by molar-refractivity contribution is 7.92. The number of fused-ring (bicyclic) bond motifs is 5. The Morgan fingerprint density at radius 3 is 0.841 bits per heavy atom. The van der Waals surface area contributed by atoms with Crippen molar-refractivity contribution in [2.24, 2.45) is 0 Å². The van der Waals surface area contributed by atoms with Crippen LogP contribution in [-0.4, -0.2) is 71.9 Å².